The SMILES string of the molecule is Cc1nn(C)cc1-c1ccc(NC2CC3CN(CC(C)C(C)(C)C)CC3C2)nn1. The molecule has 6 nitrogen and oxygen atoms in total. The Labute approximate surface area is 175 Å². The van der Waals surface area contributed by atoms with Crippen LogP contribution in [0.2, 0.25) is 0 Å². The number of hydrogen-bond acceptors (Lipinski definition) is 5. The second kappa shape index (κ2) is 7.71. The van der Waals surface area contributed by atoms with Gasteiger partial charge in [0, 0.05) is 44.5 Å². The molecule has 2 aromatic heterocycles. The molecule has 0 bridgehead atoms. The molecule has 2 aromatic rings. The molecule has 0 spiro atoms. The summed E-state index contributed by atoms with van der Waals surface area (Å²) in [6, 6.07) is 4.62. The van der Waals surface area contributed by atoms with Crippen molar-refractivity contribution in [1.82, 2.24) is 24.9 Å². The quantitative estimate of drug-likeness (QED) is 0.828. The minimum atomic E-state index is 0.390. The molecule has 29 heavy (non-hydrogen) atoms. The fourth-order valence-electron chi connectivity index (χ4n) is 4.94. The molecule has 2 fully saturated rings. The normalized spacial score (nSPS) is 25.9. The molecule has 0 radical (unpaired) electrons. The highest BCUT2D eigenvalue weighted by Gasteiger charge is 2.41. The highest BCUT2D eigenvalue weighted by atomic mass is 15.3. The summed E-state index contributed by atoms with van der Waals surface area (Å²) in [6.45, 7) is 15.2. The molecule has 1 saturated carbocycles. The number of rotatable bonds is 5. The summed E-state index contributed by atoms with van der Waals surface area (Å²) in [5, 5.41) is 16.9. The van der Waals surface area contributed by atoms with Gasteiger partial charge in [-0.2, -0.15) is 5.10 Å². The number of aryl methyl sites for hydroxylation is 2. The Kier molecular flexibility index (Phi) is 5.40. The highest BCUT2D eigenvalue weighted by molar-refractivity contribution is 5.61. The third-order valence-corrected chi connectivity index (χ3v) is 7.14. The molecular weight excluding hydrogens is 360 g/mol. The van der Waals surface area contributed by atoms with Gasteiger partial charge in [-0.15, -0.1) is 10.2 Å². The average Bonchev–Trinajstić information content (AvgIpc) is 3.27. The molecule has 3 atom stereocenters. The van der Waals surface area contributed by atoms with E-state index >= 15 is 0 Å². The lowest BCUT2D eigenvalue weighted by atomic mass is 9.82. The van der Waals surface area contributed by atoms with E-state index in [0.29, 0.717) is 11.5 Å². The highest BCUT2D eigenvalue weighted by Crippen LogP contribution is 2.40. The van der Waals surface area contributed by atoms with Crippen molar-refractivity contribution in [2.75, 3.05) is 25.0 Å². The number of aromatic nitrogens is 4. The largest absolute Gasteiger partial charge is 0.366 e. The lowest BCUT2D eigenvalue weighted by Crippen LogP contribution is -2.34. The Balaban J connectivity index is 1.30. The first kappa shape index (κ1) is 20.3. The lowest BCUT2D eigenvalue weighted by Gasteiger charge is -2.31. The predicted octanol–water partition coefficient (Wildman–Crippen LogP) is 3.99. The van der Waals surface area contributed by atoms with Gasteiger partial charge in [-0.05, 0) is 55.1 Å². The van der Waals surface area contributed by atoms with Crippen LogP contribution in [0.3, 0.4) is 0 Å². The third-order valence-electron chi connectivity index (χ3n) is 7.14. The second-order valence-electron chi connectivity index (χ2n) is 10.4. The zero-order valence-electron chi connectivity index (χ0n) is 18.8. The maximum Gasteiger partial charge on any atom is 0.148 e. The van der Waals surface area contributed by atoms with Gasteiger partial charge in [0.15, 0.2) is 0 Å². The van der Waals surface area contributed by atoms with Gasteiger partial charge in [0.05, 0.1) is 11.4 Å². The Morgan fingerprint density at radius 3 is 2.34 bits per heavy atom. The summed E-state index contributed by atoms with van der Waals surface area (Å²) in [5.74, 6) is 3.26. The van der Waals surface area contributed by atoms with Crippen LogP contribution in [0, 0.1) is 30.1 Å². The van der Waals surface area contributed by atoms with E-state index in [1.165, 1.54) is 32.5 Å². The molecule has 0 amide bonds. The molecule has 1 N–H and O–H groups in total. The van der Waals surface area contributed by atoms with Crippen molar-refractivity contribution < 1.29 is 0 Å². The first-order chi connectivity index (χ1) is 13.7. The van der Waals surface area contributed by atoms with Gasteiger partial charge in [0.25, 0.3) is 0 Å². The summed E-state index contributed by atoms with van der Waals surface area (Å²) >= 11 is 0. The molecule has 1 saturated heterocycles. The summed E-state index contributed by atoms with van der Waals surface area (Å²) in [7, 11) is 1.93. The zero-order valence-corrected chi connectivity index (χ0v) is 18.8. The third kappa shape index (κ3) is 4.47. The molecule has 4 rings (SSSR count). The van der Waals surface area contributed by atoms with E-state index in [1.807, 2.05) is 30.9 Å². The molecule has 1 aliphatic heterocycles. The van der Waals surface area contributed by atoms with E-state index in [9.17, 15) is 0 Å². The van der Waals surface area contributed by atoms with Gasteiger partial charge in [-0.25, -0.2) is 0 Å². The minimum Gasteiger partial charge on any atom is -0.366 e. The van der Waals surface area contributed by atoms with Crippen LogP contribution < -0.4 is 5.32 Å². The van der Waals surface area contributed by atoms with E-state index in [1.54, 1.807) is 0 Å². The molecule has 2 aliphatic rings. The van der Waals surface area contributed by atoms with E-state index < -0.39 is 0 Å². The number of anilines is 1. The van der Waals surface area contributed by atoms with E-state index in [2.05, 4.69) is 59.3 Å². The topological polar surface area (TPSA) is 58.9 Å². The monoisotopic (exact) mass is 396 g/mol. The van der Waals surface area contributed by atoms with Gasteiger partial charge >= 0.3 is 0 Å². The molecule has 0 aromatic carbocycles. The van der Waals surface area contributed by atoms with Crippen LogP contribution in [-0.4, -0.2) is 50.6 Å². The van der Waals surface area contributed by atoms with E-state index in [0.717, 1.165) is 40.5 Å². The van der Waals surface area contributed by atoms with Crippen molar-refractivity contribution in [3.63, 3.8) is 0 Å². The predicted molar refractivity (Wildman–Crippen MR) is 118 cm³/mol. The van der Waals surface area contributed by atoms with Gasteiger partial charge in [-0.3, -0.25) is 4.68 Å². The number of fused-ring (bicyclic) bond motifs is 1. The van der Waals surface area contributed by atoms with Crippen molar-refractivity contribution in [3.8, 4) is 11.3 Å². The summed E-state index contributed by atoms with van der Waals surface area (Å²) in [4.78, 5) is 2.70. The summed E-state index contributed by atoms with van der Waals surface area (Å²) < 4.78 is 1.82. The van der Waals surface area contributed by atoms with E-state index in [4.69, 9.17) is 0 Å². The number of nitrogens with one attached hydrogen (secondary N) is 1. The van der Waals surface area contributed by atoms with E-state index in [-0.39, 0.29) is 0 Å². The smallest absolute Gasteiger partial charge is 0.148 e. The molecule has 1 aliphatic carbocycles. The van der Waals surface area contributed by atoms with Gasteiger partial charge in [0.1, 0.15) is 5.82 Å². The van der Waals surface area contributed by atoms with Crippen molar-refractivity contribution in [2.45, 2.75) is 53.5 Å². The van der Waals surface area contributed by atoms with Crippen molar-refractivity contribution in [1.29, 1.82) is 0 Å². The van der Waals surface area contributed by atoms with Crippen molar-refractivity contribution >= 4 is 5.82 Å². The number of nitrogens with zero attached hydrogens (tertiary/aromatic N) is 5. The molecule has 3 unspecified atom stereocenters. The Morgan fingerprint density at radius 1 is 1.14 bits per heavy atom. The zero-order chi connectivity index (χ0) is 20.8. The average molecular weight is 397 g/mol. The Bertz CT molecular complexity index is 820. The molecule has 158 valence electrons. The van der Waals surface area contributed by atoms with Crippen LogP contribution in [-0.2, 0) is 7.05 Å². The van der Waals surface area contributed by atoms with Crippen LogP contribution in [0.4, 0.5) is 5.82 Å². The number of likely N-dealkylation sites (tertiary alicyclic amines) is 1. The van der Waals surface area contributed by atoms with Gasteiger partial charge in [0.2, 0.25) is 0 Å². The minimum absolute atomic E-state index is 0.390. The van der Waals surface area contributed by atoms with Crippen LogP contribution >= 0.6 is 0 Å². The maximum absolute atomic E-state index is 4.44. The van der Waals surface area contributed by atoms with Crippen molar-refractivity contribution in [2.24, 2.45) is 30.2 Å². The maximum atomic E-state index is 4.44. The van der Waals surface area contributed by atoms with Gasteiger partial charge < -0.3 is 10.2 Å². The van der Waals surface area contributed by atoms with Crippen LogP contribution in [0.5, 0.6) is 0 Å². The fourth-order valence-corrected chi connectivity index (χ4v) is 4.94. The van der Waals surface area contributed by atoms with Crippen LogP contribution in [0.1, 0.15) is 46.2 Å². The van der Waals surface area contributed by atoms with Crippen LogP contribution in [0.15, 0.2) is 18.3 Å². The molecule has 6 heteroatoms. The Morgan fingerprint density at radius 2 is 1.83 bits per heavy atom. The van der Waals surface area contributed by atoms with Crippen molar-refractivity contribution in [3.05, 3.63) is 24.0 Å². The van der Waals surface area contributed by atoms with Gasteiger partial charge in [-0.1, -0.05) is 27.7 Å². The standard InChI is InChI=1S/C23H36N6/c1-15(23(3,4)5)11-29-12-17-9-19(10-18(17)13-29)24-22-8-7-21(25-26-22)20-14-28(6)27-16(20)2/h7-8,14-15,17-19H,9-13H2,1-6H3,(H,24,26). The first-order valence-corrected chi connectivity index (χ1v) is 11.0. The fraction of sp³-hybridized carbons (Fsp3) is 0.696. The first-order valence-electron chi connectivity index (χ1n) is 11.0. The number of hydrogen-bond donors (Lipinski definition) is 1. The summed E-state index contributed by atoms with van der Waals surface area (Å²) in [5.41, 5.74) is 3.30. The van der Waals surface area contributed by atoms with Crippen LogP contribution in [0.25, 0.3) is 11.3 Å². The summed E-state index contributed by atoms with van der Waals surface area (Å²) in [6.07, 6.45) is 4.49. The lowest BCUT2D eigenvalue weighted by molar-refractivity contribution is 0.175. The molecule has 3 heterocycles. The Hall–Kier alpha value is -1.95. The second-order valence-corrected chi connectivity index (χ2v) is 10.4. The molecular formula is C23H36N6.